The van der Waals surface area contributed by atoms with E-state index in [1.165, 1.54) is 6.26 Å². The molecule has 0 saturated heterocycles. The molecular weight excluding hydrogens is 216 g/mol. The van der Waals surface area contributed by atoms with Gasteiger partial charge in [0, 0.05) is 0 Å². The topological polar surface area (TPSA) is 30.2 Å². The third kappa shape index (κ3) is 2.27. The molecule has 0 fully saturated rings. The van der Waals surface area contributed by atoms with Crippen molar-refractivity contribution in [2.75, 3.05) is 5.75 Å². The molecule has 72 valence electrons. The Bertz CT molecular complexity index is 390. The molecule has 0 saturated carbocycles. The second kappa shape index (κ2) is 4.48. The predicted octanol–water partition coefficient (Wildman–Crippen LogP) is 3.32. The Morgan fingerprint density at radius 1 is 1.43 bits per heavy atom. The third-order valence-corrected chi connectivity index (χ3v) is 3.77. The van der Waals surface area contributed by atoms with Crippen molar-refractivity contribution >= 4 is 28.9 Å². The van der Waals surface area contributed by atoms with E-state index < -0.39 is 0 Å². The normalized spacial score (nSPS) is 10.3. The fraction of sp³-hybridized carbons (Fsp3) is 0.100. The van der Waals surface area contributed by atoms with Crippen LogP contribution in [0.4, 0.5) is 0 Å². The summed E-state index contributed by atoms with van der Waals surface area (Å²) in [5.41, 5.74) is 0. The highest BCUT2D eigenvalue weighted by Crippen LogP contribution is 2.24. The van der Waals surface area contributed by atoms with E-state index in [4.69, 9.17) is 4.42 Å². The summed E-state index contributed by atoms with van der Waals surface area (Å²) < 4.78 is 6.16. The smallest absolute Gasteiger partial charge is 0.208 e. The van der Waals surface area contributed by atoms with Crippen LogP contribution in [0.5, 0.6) is 0 Å². The second-order valence-corrected chi connectivity index (χ2v) is 4.84. The summed E-state index contributed by atoms with van der Waals surface area (Å²) in [6.07, 6.45) is 1.52. The molecule has 2 aromatic rings. The highest BCUT2D eigenvalue weighted by atomic mass is 32.2. The van der Waals surface area contributed by atoms with Crippen molar-refractivity contribution in [3.8, 4) is 0 Å². The SMILES string of the molecule is O=C(CSc1cccs1)c1ccco1. The molecule has 2 nitrogen and oxygen atoms in total. The third-order valence-electron chi connectivity index (χ3n) is 1.64. The molecule has 4 heteroatoms. The molecule has 14 heavy (non-hydrogen) atoms. The fourth-order valence-electron chi connectivity index (χ4n) is 0.991. The second-order valence-electron chi connectivity index (χ2n) is 2.62. The van der Waals surface area contributed by atoms with Crippen LogP contribution >= 0.6 is 23.1 Å². The zero-order chi connectivity index (χ0) is 9.80. The lowest BCUT2D eigenvalue weighted by Gasteiger charge is -1.94. The van der Waals surface area contributed by atoms with Crippen LogP contribution in [0.1, 0.15) is 10.6 Å². The molecule has 0 N–H and O–H groups in total. The fourth-order valence-corrected chi connectivity index (χ4v) is 2.65. The monoisotopic (exact) mass is 224 g/mol. The molecule has 0 aliphatic heterocycles. The average molecular weight is 224 g/mol. The summed E-state index contributed by atoms with van der Waals surface area (Å²) in [5, 5.41) is 2.00. The molecule has 2 heterocycles. The summed E-state index contributed by atoms with van der Waals surface area (Å²) in [7, 11) is 0. The van der Waals surface area contributed by atoms with E-state index in [-0.39, 0.29) is 5.78 Å². The maximum atomic E-state index is 11.5. The minimum Gasteiger partial charge on any atom is -0.461 e. The number of ketones is 1. The van der Waals surface area contributed by atoms with Crippen LogP contribution in [0, 0.1) is 0 Å². The van der Waals surface area contributed by atoms with Crippen molar-refractivity contribution < 1.29 is 9.21 Å². The van der Waals surface area contributed by atoms with E-state index in [0.29, 0.717) is 11.5 Å². The van der Waals surface area contributed by atoms with Crippen molar-refractivity contribution in [3.63, 3.8) is 0 Å². The van der Waals surface area contributed by atoms with Gasteiger partial charge in [0.25, 0.3) is 0 Å². The van der Waals surface area contributed by atoms with Gasteiger partial charge in [-0.3, -0.25) is 4.79 Å². The van der Waals surface area contributed by atoms with E-state index in [0.717, 1.165) is 4.21 Å². The van der Waals surface area contributed by atoms with Crippen LogP contribution in [-0.2, 0) is 0 Å². The van der Waals surface area contributed by atoms with Crippen molar-refractivity contribution in [2.24, 2.45) is 0 Å². The van der Waals surface area contributed by atoms with Gasteiger partial charge in [-0.1, -0.05) is 6.07 Å². The van der Waals surface area contributed by atoms with Gasteiger partial charge in [-0.15, -0.1) is 23.1 Å². The molecule has 0 aliphatic carbocycles. The van der Waals surface area contributed by atoms with Gasteiger partial charge >= 0.3 is 0 Å². The number of rotatable bonds is 4. The highest BCUT2D eigenvalue weighted by Gasteiger charge is 2.08. The molecule has 0 bridgehead atoms. The van der Waals surface area contributed by atoms with E-state index in [2.05, 4.69) is 0 Å². The molecule has 0 aliphatic rings. The van der Waals surface area contributed by atoms with Crippen molar-refractivity contribution in [1.82, 2.24) is 0 Å². The number of thioether (sulfide) groups is 1. The van der Waals surface area contributed by atoms with Crippen LogP contribution in [0.25, 0.3) is 0 Å². The van der Waals surface area contributed by atoms with Gasteiger partial charge in [-0.05, 0) is 23.6 Å². The number of Topliss-reactive ketones (excluding diaryl/α,β-unsaturated/α-hetero) is 1. The first kappa shape index (κ1) is 9.55. The maximum Gasteiger partial charge on any atom is 0.208 e. The van der Waals surface area contributed by atoms with Gasteiger partial charge in [-0.25, -0.2) is 0 Å². The Hall–Kier alpha value is -1.00. The van der Waals surface area contributed by atoms with Crippen LogP contribution in [0.3, 0.4) is 0 Å². The summed E-state index contributed by atoms with van der Waals surface area (Å²) in [5.74, 6) is 0.913. The van der Waals surface area contributed by atoms with Crippen LogP contribution in [0.15, 0.2) is 44.5 Å². The van der Waals surface area contributed by atoms with Crippen molar-refractivity contribution in [2.45, 2.75) is 4.21 Å². The first-order valence-electron chi connectivity index (χ1n) is 4.09. The maximum absolute atomic E-state index is 11.5. The minimum atomic E-state index is 0.0356. The number of hydrogen-bond acceptors (Lipinski definition) is 4. The largest absolute Gasteiger partial charge is 0.461 e. The zero-order valence-corrected chi connectivity index (χ0v) is 8.94. The molecule has 2 aromatic heterocycles. The van der Waals surface area contributed by atoms with Gasteiger partial charge in [-0.2, -0.15) is 0 Å². The Kier molecular flexibility index (Phi) is 3.06. The van der Waals surface area contributed by atoms with Gasteiger partial charge in [0.1, 0.15) is 0 Å². The highest BCUT2D eigenvalue weighted by molar-refractivity contribution is 8.01. The molecule has 0 amide bonds. The van der Waals surface area contributed by atoms with E-state index in [1.807, 2.05) is 17.5 Å². The van der Waals surface area contributed by atoms with Gasteiger partial charge in [0.15, 0.2) is 5.76 Å². The standard InChI is InChI=1S/C10H8O2S2/c11-8(9-3-1-5-12-9)7-14-10-4-2-6-13-10/h1-6H,7H2. The van der Waals surface area contributed by atoms with Crippen molar-refractivity contribution in [1.29, 1.82) is 0 Å². The van der Waals surface area contributed by atoms with E-state index >= 15 is 0 Å². The van der Waals surface area contributed by atoms with Crippen LogP contribution in [0.2, 0.25) is 0 Å². The lowest BCUT2D eigenvalue weighted by Crippen LogP contribution is -1.99. The van der Waals surface area contributed by atoms with Crippen molar-refractivity contribution in [3.05, 3.63) is 41.7 Å². The minimum absolute atomic E-state index is 0.0356. The van der Waals surface area contributed by atoms with E-state index in [1.54, 1.807) is 35.2 Å². The summed E-state index contributed by atoms with van der Waals surface area (Å²) in [6, 6.07) is 7.40. The summed E-state index contributed by atoms with van der Waals surface area (Å²) in [6.45, 7) is 0. The Morgan fingerprint density at radius 3 is 3.00 bits per heavy atom. The Balaban J connectivity index is 1.90. The first-order chi connectivity index (χ1) is 6.86. The van der Waals surface area contributed by atoms with Crippen LogP contribution in [-0.4, -0.2) is 11.5 Å². The average Bonchev–Trinajstić information content (AvgIpc) is 2.87. The van der Waals surface area contributed by atoms with Crippen LogP contribution < -0.4 is 0 Å². The van der Waals surface area contributed by atoms with E-state index in [9.17, 15) is 4.79 Å². The van der Waals surface area contributed by atoms with Gasteiger partial charge in [0.2, 0.25) is 5.78 Å². The lowest BCUT2D eigenvalue weighted by atomic mass is 10.3. The number of carbonyl (C=O) groups is 1. The number of thiophene rings is 1. The zero-order valence-electron chi connectivity index (χ0n) is 7.30. The Labute approximate surface area is 89.9 Å². The summed E-state index contributed by atoms with van der Waals surface area (Å²) >= 11 is 3.18. The van der Waals surface area contributed by atoms with Gasteiger partial charge in [0.05, 0.1) is 16.2 Å². The summed E-state index contributed by atoms with van der Waals surface area (Å²) in [4.78, 5) is 11.5. The molecule has 0 radical (unpaired) electrons. The lowest BCUT2D eigenvalue weighted by molar-refractivity contribution is 0.0992. The molecule has 2 rings (SSSR count). The number of carbonyl (C=O) groups excluding carboxylic acids is 1. The quantitative estimate of drug-likeness (QED) is 0.589. The molecule has 0 spiro atoms. The van der Waals surface area contributed by atoms with Gasteiger partial charge < -0.3 is 4.42 Å². The number of hydrogen-bond donors (Lipinski definition) is 0. The molecule has 0 unspecified atom stereocenters. The molecule has 0 atom stereocenters. The predicted molar refractivity (Wildman–Crippen MR) is 58.1 cm³/mol. The number of furan rings is 1. The Morgan fingerprint density at radius 2 is 2.36 bits per heavy atom. The first-order valence-corrected chi connectivity index (χ1v) is 5.96. The molecular formula is C10H8O2S2. The molecule has 0 aromatic carbocycles.